The van der Waals surface area contributed by atoms with Gasteiger partial charge in [-0.3, -0.25) is 0 Å². The van der Waals surface area contributed by atoms with Gasteiger partial charge in [-0.1, -0.05) is 38.1 Å². The van der Waals surface area contributed by atoms with Crippen LogP contribution in [0.3, 0.4) is 0 Å². The summed E-state index contributed by atoms with van der Waals surface area (Å²) in [5, 5.41) is 3.56. The Labute approximate surface area is 86.5 Å². The van der Waals surface area contributed by atoms with E-state index in [0.717, 1.165) is 12.5 Å². The molecule has 1 heteroatoms. The minimum absolute atomic E-state index is 0.590. The Morgan fingerprint density at radius 3 is 2.64 bits per heavy atom. The Balaban J connectivity index is 2.31. The zero-order valence-electron chi connectivity index (χ0n) is 9.09. The van der Waals surface area contributed by atoms with Crippen LogP contribution in [0.2, 0.25) is 0 Å². The number of nitrogens with one attached hydrogen (secondary N) is 1. The summed E-state index contributed by atoms with van der Waals surface area (Å²) in [4.78, 5) is 0. The summed E-state index contributed by atoms with van der Waals surface area (Å²) < 4.78 is 0. The van der Waals surface area contributed by atoms with E-state index in [0.29, 0.717) is 6.04 Å². The Morgan fingerprint density at radius 2 is 1.93 bits per heavy atom. The molecule has 2 unspecified atom stereocenters. The number of fused-ring (bicyclic) bond motifs is 1. The van der Waals surface area contributed by atoms with Crippen molar-refractivity contribution in [3.63, 3.8) is 0 Å². The lowest BCUT2D eigenvalue weighted by Crippen LogP contribution is -2.25. The molecule has 0 aliphatic heterocycles. The largest absolute Gasteiger partial charge is 0.310 e. The van der Waals surface area contributed by atoms with Crippen LogP contribution in [-0.2, 0) is 0 Å². The molecular formula is C13H19N. The van der Waals surface area contributed by atoms with Crippen molar-refractivity contribution in [2.24, 2.45) is 0 Å². The van der Waals surface area contributed by atoms with E-state index in [-0.39, 0.29) is 0 Å². The summed E-state index contributed by atoms with van der Waals surface area (Å²) in [7, 11) is 0. The lowest BCUT2D eigenvalue weighted by atomic mass is 9.81. The third kappa shape index (κ3) is 1.69. The molecule has 1 aromatic rings. The molecule has 0 spiro atoms. The third-order valence-corrected chi connectivity index (χ3v) is 3.24. The van der Waals surface area contributed by atoms with Crippen LogP contribution in [-0.4, -0.2) is 6.54 Å². The Bertz CT molecular complexity index is 306. The standard InChI is InChI=1S/C13H19N/c1-3-14-13-9-8-10(2)11-6-4-5-7-12(11)13/h4-7,10,13-14H,3,8-9H2,1-2H3. The van der Waals surface area contributed by atoms with Crippen LogP contribution in [0, 0.1) is 0 Å². The summed E-state index contributed by atoms with van der Waals surface area (Å²) in [5.74, 6) is 0.737. The van der Waals surface area contributed by atoms with Crippen molar-refractivity contribution >= 4 is 0 Å². The second-order valence-corrected chi connectivity index (χ2v) is 4.22. The number of hydrogen-bond acceptors (Lipinski definition) is 1. The third-order valence-electron chi connectivity index (χ3n) is 3.24. The van der Waals surface area contributed by atoms with E-state index in [4.69, 9.17) is 0 Å². The number of benzene rings is 1. The highest BCUT2D eigenvalue weighted by Crippen LogP contribution is 2.36. The van der Waals surface area contributed by atoms with Crippen LogP contribution >= 0.6 is 0 Å². The zero-order valence-corrected chi connectivity index (χ0v) is 9.09. The maximum absolute atomic E-state index is 3.56. The van der Waals surface area contributed by atoms with Crippen molar-refractivity contribution < 1.29 is 0 Å². The molecule has 1 nitrogen and oxygen atoms in total. The fourth-order valence-corrected chi connectivity index (χ4v) is 2.46. The van der Waals surface area contributed by atoms with Crippen molar-refractivity contribution in [3.05, 3.63) is 35.4 Å². The van der Waals surface area contributed by atoms with Gasteiger partial charge in [0, 0.05) is 6.04 Å². The molecule has 1 aromatic carbocycles. The monoisotopic (exact) mass is 189 g/mol. The summed E-state index contributed by atoms with van der Waals surface area (Å²) in [5.41, 5.74) is 3.07. The van der Waals surface area contributed by atoms with Gasteiger partial charge in [-0.2, -0.15) is 0 Å². The van der Waals surface area contributed by atoms with Gasteiger partial charge in [-0.15, -0.1) is 0 Å². The molecule has 2 rings (SSSR count). The molecule has 0 fully saturated rings. The van der Waals surface area contributed by atoms with Crippen LogP contribution in [0.25, 0.3) is 0 Å². The molecule has 14 heavy (non-hydrogen) atoms. The van der Waals surface area contributed by atoms with Crippen molar-refractivity contribution in [3.8, 4) is 0 Å². The molecule has 0 aromatic heterocycles. The second-order valence-electron chi connectivity index (χ2n) is 4.22. The topological polar surface area (TPSA) is 12.0 Å². The quantitative estimate of drug-likeness (QED) is 0.753. The van der Waals surface area contributed by atoms with E-state index in [2.05, 4.69) is 43.4 Å². The predicted octanol–water partition coefficient (Wildman–Crippen LogP) is 3.23. The van der Waals surface area contributed by atoms with Crippen LogP contribution in [0.4, 0.5) is 0 Å². The lowest BCUT2D eigenvalue weighted by molar-refractivity contribution is 0.441. The Kier molecular flexibility index (Phi) is 2.87. The molecule has 1 aliphatic carbocycles. The average molecular weight is 189 g/mol. The van der Waals surface area contributed by atoms with E-state index in [1.54, 1.807) is 5.56 Å². The Hall–Kier alpha value is -0.820. The normalized spacial score (nSPS) is 25.9. The summed E-state index contributed by atoms with van der Waals surface area (Å²) in [6.07, 6.45) is 2.60. The minimum Gasteiger partial charge on any atom is -0.310 e. The smallest absolute Gasteiger partial charge is 0.0323 e. The van der Waals surface area contributed by atoms with E-state index >= 15 is 0 Å². The van der Waals surface area contributed by atoms with Gasteiger partial charge < -0.3 is 5.32 Å². The SMILES string of the molecule is CCNC1CCC(C)c2ccccc21. The van der Waals surface area contributed by atoms with Gasteiger partial charge in [0.05, 0.1) is 0 Å². The highest BCUT2D eigenvalue weighted by atomic mass is 14.9. The Morgan fingerprint density at radius 1 is 1.21 bits per heavy atom. The molecule has 76 valence electrons. The molecule has 1 N–H and O–H groups in total. The van der Waals surface area contributed by atoms with Crippen molar-refractivity contribution in [2.75, 3.05) is 6.54 Å². The average Bonchev–Trinajstić information content (AvgIpc) is 2.23. The van der Waals surface area contributed by atoms with Crippen molar-refractivity contribution in [1.29, 1.82) is 0 Å². The highest BCUT2D eigenvalue weighted by molar-refractivity contribution is 5.34. The van der Waals surface area contributed by atoms with E-state index < -0.39 is 0 Å². The highest BCUT2D eigenvalue weighted by Gasteiger charge is 2.22. The summed E-state index contributed by atoms with van der Waals surface area (Å²) in [6, 6.07) is 9.46. The predicted molar refractivity (Wildman–Crippen MR) is 60.5 cm³/mol. The molecule has 0 heterocycles. The molecule has 0 radical (unpaired) electrons. The van der Waals surface area contributed by atoms with Crippen LogP contribution in [0.5, 0.6) is 0 Å². The maximum atomic E-state index is 3.56. The first kappa shape index (κ1) is 9.72. The summed E-state index contributed by atoms with van der Waals surface area (Å²) >= 11 is 0. The first-order valence-electron chi connectivity index (χ1n) is 5.65. The molecule has 0 amide bonds. The van der Waals surface area contributed by atoms with Crippen LogP contribution in [0.1, 0.15) is 49.8 Å². The van der Waals surface area contributed by atoms with Gasteiger partial charge >= 0.3 is 0 Å². The molecular weight excluding hydrogens is 170 g/mol. The molecule has 0 saturated heterocycles. The first-order chi connectivity index (χ1) is 6.83. The molecule has 1 aliphatic rings. The summed E-state index contributed by atoms with van der Waals surface area (Å²) in [6.45, 7) is 5.58. The first-order valence-corrected chi connectivity index (χ1v) is 5.65. The molecule has 0 saturated carbocycles. The van der Waals surface area contributed by atoms with E-state index in [1.807, 2.05) is 0 Å². The maximum Gasteiger partial charge on any atom is 0.0323 e. The van der Waals surface area contributed by atoms with E-state index in [9.17, 15) is 0 Å². The van der Waals surface area contributed by atoms with Crippen LogP contribution in [0.15, 0.2) is 24.3 Å². The van der Waals surface area contributed by atoms with Gasteiger partial charge in [0.1, 0.15) is 0 Å². The van der Waals surface area contributed by atoms with Crippen molar-refractivity contribution in [2.45, 2.75) is 38.6 Å². The van der Waals surface area contributed by atoms with Gasteiger partial charge in [0.25, 0.3) is 0 Å². The van der Waals surface area contributed by atoms with Gasteiger partial charge in [-0.25, -0.2) is 0 Å². The molecule has 0 bridgehead atoms. The fourth-order valence-electron chi connectivity index (χ4n) is 2.46. The zero-order chi connectivity index (χ0) is 9.97. The van der Waals surface area contributed by atoms with E-state index in [1.165, 1.54) is 18.4 Å². The number of rotatable bonds is 2. The van der Waals surface area contributed by atoms with Gasteiger partial charge in [-0.05, 0) is 36.4 Å². The minimum atomic E-state index is 0.590. The van der Waals surface area contributed by atoms with Crippen molar-refractivity contribution in [1.82, 2.24) is 5.32 Å². The van der Waals surface area contributed by atoms with Gasteiger partial charge in [0.15, 0.2) is 0 Å². The van der Waals surface area contributed by atoms with Gasteiger partial charge in [0.2, 0.25) is 0 Å². The molecule has 2 atom stereocenters. The lowest BCUT2D eigenvalue weighted by Gasteiger charge is -2.30. The fraction of sp³-hybridized carbons (Fsp3) is 0.538. The number of hydrogen-bond donors (Lipinski definition) is 1. The second kappa shape index (κ2) is 4.14. The van der Waals surface area contributed by atoms with Crippen LogP contribution < -0.4 is 5.32 Å².